The molecule has 0 bridgehead atoms. The van der Waals surface area contributed by atoms with Gasteiger partial charge in [0.05, 0.1) is 12.6 Å². The number of fused-ring (bicyclic) bond motifs is 1. The van der Waals surface area contributed by atoms with E-state index < -0.39 is 133 Å². The molecule has 4 rings (SSSR count). The maximum Gasteiger partial charge on any atom is 0.327 e. The molecule has 0 spiro atoms. The van der Waals surface area contributed by atoms with Gasteiger partial charge in [0.2, 0.25) is 41.4 Å². The third-order valence-electron chi connectivity index (χ3n) is 12.1. The highest BCUT2D eigenvalue weighted by Gasteiger charge is 2.35. The number of nitrogens with one attached hydrogen (secondary N) is 8. The van der Waals surface area contributed by atoms with Crippen LogP contribution in [-0.2, 0) is 67.2 Å². The van der Waals surface area contributed by atoms with Crippen molar-refractivity contribution < 1.29 is 73.5 Å². The molecule has 0 unspecified atom stereocenters. The Labute approximate surface area is 447 Å². The molecule has 0 radical (unpaired) electrons. The molecule has 0 saturated heterocycles. The van der Waals surface area contributed by atoms with Crippen LogP contribution in [0.15, 0.2) is 85.1 Å². The number of nitrogens with two attached hydrogens (primary N) is 2. The summed E-state index contributed by atoms with van der Waals surface area (Å²) in [5.41, 5.74) is 13.9. The Bertz CT molecular complexity index is 2670. The van der Waals surface area contributed by atoms with E-state index in [1.807, 2.05) is 0 Å². The number of benzene rings is 3. The molecule has 416 valence electrons. The lowest BCUT2D eigenvalue weighted by Gasteiger charge is -2.27. The van der Waals surface area contributed by atoms with Crippen LogP contribution in [0, 0.1) is 0 Å². The Hall–Kier alpha value is -8.07. The summed E-state index contributed by atoms with van der Waals surface area (Å²) in [5.74, 6) is -11.3. The highest BCUT2D eigenvalue weighted by atomic mass is 32.1. The third kappa shape index (κ3) is 20.2. The SMILES string of the molecule is NCCCC[C@H](NC(=O)[C@H](Cc1c[nH]c2ccccc12)NC(=O)[C@@H](N)CCC(=O)O)C(=O)N[C@@H](CO)C(=O)N[C@@H](CCC(=O)O)C(=O)N[C@@H](Cc1ccccc1)C(=O)N[C@@H](Cc1ccc(O)cc1)C(=O)N[C@@H](CS)C(=O)O. The first-order chi connectivity index (χ1) is 36.7. The molecule has 1 aromatic heterocycles. The molecule has 26 heteroatoms. The van der Waals surface area contributed by atoms with Crippen LogP contribution in [-0.4, -0.2) is 157 Å². The van der Waals surface area contributed by atoms with Gasteiger partial charge in [0.1, 0.15) is 48.0 Å². The number of phenolic OH excluding ortho intramolecular Hbond substituents is 1. The molecule has 0 aliphatic rings. The van der Waals surface area contributed by atoms with E-state index in [0.29, 0.717) is 28.5 Å². The molecular weight excluding hydrogens is 1020 g/mol. The second-order valence-corrected chi connectivity index (χ2v) is 18.4. The van der Waals surface area contributed by atoms with Gasteiger partial charge in [-0.05, 0) is 73.5 Å². The molecule has 1 heterocycles. The van der Waals surface area contributed by atoms with Crippen molar-refractivity contribution in [3.63, 3.8) is 0 Å². The number of para-hydroxylation sites is 1. The molecule has 8 atom stereocenters. The fourth-order valence-corrected chi connectivity index (χ4v) is 8.11. The molecule has 77 heavy (non-hydrogen) atoms. The highest BCUT2D eigenvalue weighted by Crippen LogP contribution is 2.20. The van der Waals surface area contributed by atoms with Crippen molar-refractivity contribution in [2.24, 2.45) is 11.5 Å². The molecule has 0 saturated carbocycles. The van der Waals surface area contributed by atoms with E-state index in [-0.39, 0.29) is 56.6 Å². The maximum absolute atomic E-state index is 14.2. The van der Waals surface area contributed by atoms with Crippen LogP contribution in [0.25, 0.3) is 10.9 Å². The van der Waals surface area contributed by atoms with E-state index in [1.54, 1.807) is 60.8 Å². The minimum absolute atomic E-state index is 0.0677. The van der Waals surface area contributed by atoms with Crippen molar-refractivity contribution in [2.45, 2.75) is 113 Å². The number of unbranched alkanes of at least 4 members (excludes halogenated alkanes) is 1. The van der Waals surface area contributed by atoms with E-state index in [2.05, 4.69) is 54.8 Å². The Morgan fingerprint density at radius 1 is 0.519 bits per heavy atom. The van der Waals surface area contributed by atoms with Gasteiger partial charge in [-0.15, -0.1) is 0 Å². The molecule has 25 nitrogen and oxygen atoms in total. The smallest absolute Gasteiger partial charge is 0.327 e. The molecule has 3 aromatic carbocycles. The number of aliphatic hydroxyl groups is 1. The lowest BCUT2D eigenvalue weighted by atomic mass is 10.0. The summed E-state index contributed by atoms with van der Waals surface area (Å²) in [5, 5.41) is 66.6. The monoisotopic (exact) mass is 1090 g/mol. The van der Waals surface area contributed by atoms with Gasteiger partial charge >= 0.3 is 17.9 Å². The van der Waals surface area contributed by atoms with E-state index in [0.717, 1.165) is 5.52 Å². The average molecular weight is 1090 g/mol. The lowest BCUT2D eigenvalue weighted by molar-refractivity contribution is -0.142. The van der Waals surface area contributed by atoms with Gasteiger partial charge in [0.15, 0.2) is 0 Å². The summed E-state index contributed by atoms with van der Waals surface area (Å²) in [6.07, 6.45) is -0.334. The van der Waals surface area contributed by atoms with E-state index in [1.165, 1.54) is 24.3 Å². The normalized spacial score (nSPS) is 14.2. The molecule has 0 aliphatic heterocycles. The highest BCUT2D eigenvalue weighted by molar-refractivity contribution is 7.80. The van der Waals surface area contributed by atoms with E-state index in [9.17, 15) is 68.4 Å². The molecule has 0 aliphatic carbocycles. The predicted octanol–water partition coefficient (Wildman–Crippen LogP) is -1.51. The number of rotatable bonds is 33. The summed E-state index contributed by atoms with van der Waals surface area (Å²) < 4.78 is 0. The fraction of sp³-hybridized carbons (Fsp3) is 0.412. The Kier molecular flexibility index (Phi) is 24.8. The van der Waals surface area contributed by atoms with Crippen molar-refractivity contribution in [1.29, 1.82) is 0 Å². The number of hydrogen-bond donors (Lipinski definition) is 16. The second kappa shape index (κ2) is 31.1. The number of hydrogen-bond acceptors (Lipinski definition) is 15. The van der Waals surface area contributed by atoms with Gasteiger partial charge in [0.25, 0.3) is 0 Å². The van der Waals surface area contributed by atoms with Crippen LogP contribution in [0.4, 0.5) is 0 Å². The molecule has 17 N–H and O–H groups in total. The molecular formula is C51H66N10O15S. The van der Waals surface area contributed by atoms with Gasteiger partial charge in [-0.2, -0.15) is 12.6 Å². The number of carboxylic acids is 3. The first-order valence-electron chi connectivity index (χ1n) is 24.6. The summed E-state index contributed by atoms with van der Waals surface area (Å²) >= 11 is 3.99. The first kappa shape index (κ1) is 61.5. The Morgan fingerprint density at radius 3 is 1.52 bits per heavy atom. The van der Waals surface area contributed by atoms with Crippen molar-refractivity contribution in [3.8, 4) is 5.75 Å². The second-order valence-electron chi connectivity index (χ2n) is 18.0. The summed E-state index contributed by atoms with van der Waals surface area (Å²) in [7, 11) is 0. The van der Waals surface area contributed by atoms with E-state index in [4.69, 9.17) is 16.6 Å². The van der Waals surface area contributed by atoms with Crippen molar-refractivity contribution in [1.82, 2.24) is 42.2 Å². The van der Waals surface area contributed by atoms with E-state index >= 15 is 0 Å². The number of aromatic amines is 1. The molecule has 4 aromatic rings. The summed E-state index contributed by atoms with van der Waals surface area (Å²) in [6, 6.07) is 8.75. The van der Waals surface area contributed by atoms with Gasteiger partial charge in [-0.25, -0.2) is 4.79 Å². The summed E-state index contributed by atoms with van der Waals surface area (Å²) in [6.45, 7) is -0.883. The fourth-order valence-electron chi connectivity index (χ4n) is 7.87. The van der Waals surface area contributed by atoms with Gasteiger partial charge in [0, 0.05) is 55.0 Å². The number of thiol groups is 1. The zero-order valence-corrected chi connectivity index (χ0v) is 42.7. The van der Waals surface area contributed by atoms with Crippen LogP contribution in [0.1, 0.15) is 61.6 Å². The number of phenols is 1. The Morgan fingerprint density at radius 2 is 0.974 bits per heavy atom. The number of H-pyrrole nitrogens is 1. The predicted molar refractivity (Wildman–Crippen MR) is 281 cm³/mol. The number of aromatic hydroxyl groups is 1. The van der Waals surface area contributed by atoms with Gasteiger partial charge < -0.3 is 79.2 Å². The number of aliphatic carboxylic acids is 3. The standard InChI is InChI=1S/C51H66N10O15S/c52-21-7-6-12-35(55-49(73)39(57-44(68)33(53)17-19-42(64)65)24-30-25-54-34-11-5-4-10-32(30)34)45(69)60-40(26-62)50(74)56-36(18-20-43(66)67)46(70)58-37(22-28-8-2-1-3-9-28)47(71)59-38(23-29-13-15-31(63)16-14-29)48(72)61-41(27-77)51(75)76/h1-5,8-11,13-16,25,33,35-41,54,62-63,77H,6-7,12,17-24,26-27,52-53H2,(H,55,73)(H,56,74)(H,57,68)(H,58,70)(H,59,71)(H,60,69)(H,61,72)(H,64,65)(H,66,67)(H,75,76)/t33-,35-,36-,37-,38-,39-,40-,41-/m0/s1. The van der Waals surface area contributed by atoms with Crippen LogP contribution < -0.4 is 48.7 Å². The Balaban J connectivity index is 1.58. The maximum atomic E-state index is 14.2. The zero-order chi connectivity index (χ0) is 56.6. The van der Waals surface area contributed by atoms with Crippen LogP contribution in [0.3, 0.4) is 0 Å². The summed E-state index contributed by atoms with van der Waals surface area (Å²) in [4.78, 5) is 135. The third-order valence-corrected chi connectivity index (χ3v) is 12.5. The minimum atomic E-state index is -1.83. The average Bonchev–Trinajstić information content (AvgIpc) is 3.81. The quantitative estimate of drug-likeness (QED) is 0.0190. The number of carbonyl (C=O) groups is 10. The van der Waals surface area contributed by atoms with Crippen molar-refractivity contribution in [3.05, 3.63) is 102 Å². The topological polar surface area (TPSA) is 424 Å². The van der Waals surface area contributed by atoms with Crippen LogP contribution in [0.2, 0.25) is 0 Å². The largest absolute Gasteiger partial charge is 0.508 e. The molecule has 0 fully saturated rings. The first-order valence-corrected chi connectivity index (χ1v) is 25.2. The van der Waals surface area contributed by atoms with Crippen LogP contribution in [0.5, 0.6) is 5.75 Å². The van der Waals surface area contributed by atoms with Crippen LogP contribution >= 0.6 is 12.6 Å². The van der Waals surface area contributed by atoms with Gasteiger partial charge in [-0.3, -0.25) is 43.2 Å². The molecule has 7 amide bonds. The number of carboxylic acid groups (broad SMARTS) is 3. The lowest BCUT2D eigenvalue weighted by Crippen LogP contribution is -2.61. The van der Waals surface area contributed by atoms with Gasteiger partial charge in [-0.1, -0.05) is 60.7 Å². The number of amides is 7. The number of aliphatic hydroxyl groups excluding tert-OH is 1. The number of aromatic nitrogens is 1. The minimum Gasteiger partial charge on any atom is -0.508 e. The number of carbonyl (C=O) groups excluding carboxylic acids is 7. The van der Waals surface area contributed by atoms with Crippen molar-refractivity contribution >= 4 is 82.8 Å². The zero-order valence-electron chi connectivity index (χ0n) is 41.8. The van der Waals surface area contributed by atoms with Crippen molar-refractivity contribution in [2.75, 3.05) is 18.9 Å².